The van der Waals surface area contributed by atoms with Crippen molar-refractivity contribution in [1.29, 1.82) is 0 Å². The van der Waals surface area contributed by atoms with Crippen LogP contribution in [0.1, 0.15) is 42.5 Å². The molecule has 1 aliphatic rings. The van der Waals surface area contributed by atoms with Gasteiger partial charge in [0, 0.05) is 17.8 Å². The zero-order valence-corrected chi connectivity index (χ0v) is 13.8. The van der Waals surface area contributed by atoms with E-state index in [1.54, 1.807) is 0 Å². The van der Waals surface area contributed by atoms with Crippen LogP contribution in [-0.4, -0.2) is 12.8 Å². The lowest BCUT2D eigenvalue weighted by atomic mass is 9.88. The molecule has 118 valence electrons. The summed E-state index contributed by atoms with van der Waals surface area (Å²) in [6.07, 6.45) is 1.88. The first-order chi connectivity index (χ1) is 11.1. The predicted molar refractivity (Wildman–Crippen MR) is 96.0 cm³/mol. The van der Waals surface area contributed by atoms with Crippen molar-refractivity contribution in [1.82, 2.24) is 0 Å². The third-order valence-electron chi connectivity index (χ3n) is 4.68. The average molecular weight is 305 g/mol. The lowest BCUT2D eigenvalue weighted by Crippen LogP contribution is -2.36. The Balaban J connectivity index is 2.01. The summed E-state index contributed by atoms with van der Waals surface area (Å²) in [4.78, 5) is 13.7. The summed E-state index contributed by atoms with van der Waals surface area (Å²) in [5, 5.41) is 0. The highest BCUT2D eigenvalue weighted by atomic mass is 16.1. The van der Waals surface area contributed by atoms with E-state index in [0.29, 0.717) is 11.5 Å². The lowest BCUT2D eigenvalue weighted by Gasteiger charge is -2.39. The summed E-state index contributed by atoms with van der Waals surface area (Å²) in [7, 11) is 0. The third kappa shape index (κ3) is 2.94. The maximum absolute atomic E-state index is 11.4. The molecule has 1 heterocycles. The van der Waals surface area contributed by atoms with Crippen LogP contribution in [0.2, 0.25) is 0 Å². The molecule has 0 amide bonds. The number of carbonyl (C=O) groups excluding carboxylic acids is 1. The SMILES string of the molecule is C=C(C=O)[C@H]1c2ccccc2CCN1c1ccc(C(C)C)cc1. The maximum Gasteiger partial charge on any atom is 0.147 e. The Morgan fingerprint density at radius 1 is 1.17 bits per heavy atom. The van der Waals surface area contributed by atoms with Gasteiger partial charge in [-0.15, -0.1) is 0 Å². The highest BCUT2D eigenvalue weighted by Crippen LogP contribution is 2.37. The number of carbonyl (C=O) groups is 1. The van der Waals surface area contributed by atoms with Crippen LogP contribution in [0.3, 0.4) is 0 Å². The van der Waals surface area contributed by atoms with Crippen LogP contribution < -0.4 is 4.90 Å². The molecule has 0 bridgehead atoms. The van der Waals surface area contributed by atoms with Gasteiger partial charge in [0.15, 0.2) is 0 Å². The molecular formula is C21H23NO. The molecule has 0 fully saturated rings. The predicted octanol–water partition coefficient (Wildman–Crippen LogP) is 4.67. The van der Waals surface area contributed by atoms with Gasteiger partial charge in [-0.25, -0.2) is 0 Å². The Morgan fingerprint density at radius 3 is 2.52 bits per heavy atom. The van der Waals surface area contributed by atoms with E-state index in [0.717, 1.165) is 24.9 Å². The molecule has 0 aliphatic carbocycles. The number of hydrogen-bond donors (Lipinski definition) is 0. The molecule has 0 N–H and O–H groups in total. The van der Waals surface area contributed by atoms with E-state index in [2.05, 4.69) is 67.8 Å². The van der Waals surface area contributed by atoms with Crippen molar-refractivity contribution in [3.63, 3.8) is 0 Å². The number of nitrogens with zero attached hydrogens (tertiary/aromatic N) is 1. The van der Waals surface area contributed by atoms with Crippen LogP contribution in [0.5, 0.6) is 0 Å². The Labute approximate surface area is 138 Å². The van der Waals surface area contributed by atoms with Gasteiger partial charge in [-0.2, -0.15) is 0 Å². The van der Waals surface area contributed by atoms with Gasteiger partial charge in [-0.3, -0.25) is 4.79 Å². The molecule has 2 nitrogen and oxygen atoms in total. The van der Waals surface area contributed by atoms with Crippen LogP contribution >= 0.6 is 0 Å². The topological polar surface area (TPSA) is 20.3 Å². The molecule has 0 unspecified atom stereocenters. The number of benzene rings is 2. The van der Waals surface area contributed by atoms with Crippen molar-refractivity contribution < 1.29 is 4.79 Å². The summed E-state index contributed by atoms with van der Waals surface area (Å²) in [5.41, 5.74) is 5.61. The first kappa shape index (κ1) is 15.5. The molecule has 0 saturated carbocycles. The summed E-state index contributed by atoms with van der Waals surface area (Å²) in [6, 6.07) is 17.0. The second-order valence-electron chi connectivity index (χ2n) is 6.48. The van der Waals surface area contributed by atoms with Crippen molar-refractivity contribution in [3.8, 4) is 0 Å². The second-order valence-corrected chi connectivity index (χ2v) is 6.48. The van der Waals surface area contributed by atoms with Crippen molar-refractivity contribution in [3.05, 3.63) is 77.4 Å². The fourth-order valence-corrected chi connectivity index (χ4v) is 3.36. The van der Waals surface area contributed by atoms with Crippen LogP contribution in [0.4, 0.5) is 5.69 Å². The summed E-state index contributed by atoms with van der Waals surface area (Å²) >= 11 is 0. The van der Waals surface area contributed by atoms with E-state index < -0.39 is 0 Å². The van der Waals surface area contributed by atoms with Crippen LogP contribution in [-0.2, 0) is 11.2 Å². The van der Waals surface area contributed by atoms with Crippen LogP contribution in [0.15, 0.2) is 60.7 Å². The first-order valence-corrected chi connectivity index (χ1v) is 8.20. The molecule has 0 aromatic heterocycles. The van der Waals surface area contributed by atoms with E-state index in [4.69, 9.17) is 0 Å². The van der Waals surface area contributed by atoms with Crippen LogP contribution in [0, 0.1) is 0 Å². The fraction of sp³-hybridized carbons (Fsp3) is 0.286. The maximum atomic E-state index is 11.4. The quantitative estimate of drug-likeness (QED) is 0.604. The Bertz CT molecular complexity index is 715. The molecule has 3 rings (SSSR count). The number of rotatable bonds is 4. The van der Waals surface area contributed by atoms with E-state index >= 15 is 0 Å². The molecule has 23 heavy (non-hydrogen) atoms. The van der Waals surface area contributed by atoms with Gasteiger partial charge in [-0.05, 0) is 41.2 Å². The van der Waals surface area contributed by atoms with Gasteiger partial charge in [0.05, 0.1) is 6.04 Å². The Kier molecular flexibility index (Phi) is 4.33. The molecule has 1 atom stereocenters. The Hall–Kier alpha value is -2.35. The van der Waals surface area contributed by atoms with Gasteiger partial charge in [-0.1, -0.05) is 56.8 Å². The molecular weight excluding hydrogens is 282 g/mol. The molecule has 1 aliphatic heterocycles. The molecule has 0 radical (unpaired) electrons. The summed E-state index contributed by atoms with van der Waals surface area (Å²) in [5.74, 6) is 0.520. The molecule has 2 heteroatoms. The van der Waals surface area contributed by atoms with E-state index in [9.17, 15) is 4.79 Å². The van der Waals surface area contributed by atoms with Gasteiger partial charge in [0.25, 0.3) is 0 Å². The fourth-order valence-electron chi connectivity index (χ4n) is 3.36. The highest BCUT2D eigenvalue weighted by molar-refractivity contribution is 5.77. The molecule has 0 spiro atoms. The third-order valence-corrected chi connectivity index (χ3v) is 4.68. The average Bonchev–Trinajstić information content (AvgIpc) is 2.60. The standard InChI is InChI=1S/C21H23NO/c1-15(2)17-8-10-19(11-9-17)22-13-12-18-6-4-5-7-20(18)21(22)16(3)14-23/h4-11,14-15,21H,3,12-13H2,1-2H3/t21-/m0/s1. The van der Waals surface area contributed by atoms with Gasteiger partial charge >= 0.3 is 0 Å². The van der Waals surface area contributed by atoms with Crippen molar-refractivity contribution in [2.24, 2.45) is 0 Å². The minimum atomic E-state index is -0.0673. The van der Waals surface area contributed by atoms with Crippen LogP contribution in [0.25, 0.3) is 0 Å². The number of aldehydes is 1. The second kappa shape index (κ2) is 6.41. The molecule has 2 aromatic rings. The zero-order valence-electron chi connectivity index (χ0n) is 13.8. The lowest BCUT2D eigenvalue weighted by molar-refractivity contribution is -0.105. The van der Waals surface area contributed by atoms with E-state index in [-0.39, 0.29) is 6.04 Å². The monoisotopic (exact) mass is 305 g/mol. The van der Waals surface area contributed by atoms with Crippen molar-refractivity contribution in [2.75, 3.05) is 11.4 Å². The first-order valence-electron chi connectivity index (χ1n) is 8.20. The number of hydrogen-bond acceptors (Lipinski definition) is 2. The number of anilines is 1. The normalized spacial score (nSPS) is 17.0. The number of fused-ring (bicyclic) bond motifs is 1. The smallest absolute Gasteiger partial charge is 0.147 e. The highest BCUT2D eigenvalue weighted by Gasteiger charge is 2.29. The van der Waals surface area contributed by atoms with Crippen molar-refractivity contribution in [2.45, 2.75) is 32.2 Å². The molecule has 0 saturated heterocycles. The minimum absolute atomic E-state index is 0.0673. The Morgan fingerprint density at radius 2 is 1.87 bits per heavy atom. The summed E-state index contributed by atoms with van der Waals surface area (Å²) < 4.78 is 0. The van der Waals surface area contributed by atoms with Gasteiger partial charge in [0.1, 0.15) is 6.29 Å². The van der Waals surface area contributed by atoms with E-state index in [1.165, 1.54) is 16.7 Å². The van der Waals surface area contributed by atoms with Crippen molar-refractivity contribution >= 4 is 12.0 Å². The summed E-state index contributed by atoms with van der Waals surface area (Å²) in [6.45, 7) is 9.30. The van der Waals surface area contributed by atoms with E-state index in [1.807, 2.05) is 6.07 Å². The largest absolute Gasteiger partial charge is 0.360 e. The minimum Gasteiger partial charge on any atom is -0.360 e. The molecule has 2 aromatic carbocycles. The van der Waals surface area contributed by atoms with Gasteiger partial charge < -0.3 is 4.90 Å². The zero-order chi connectivity index (χ0) is 16.4. The van der Waals surface area contributed by atoms with Gasteiger partial charge in [0.2, 0.25) is 0 Å².